The zero-order valence-electron chi connectivity index (χ0n) is 10.2. The predicted molar refractivity (Wildman–Crippen MR) is 72.7 cm³/mol. The molecule has 0 amide bonds. The van der Waals surface area contributed by atoms with E-state index in [2.05, 4.69) is 30.3 Å². The fourth-order valence-electron chi connectivity index (χ4n) is 1.16. The summed E-state index contributed by atoms with van der Waals surface area (Å²) in [6.07, 6.45) is 2.11. The van der Waals surface area contributed by atoms with Crippen molar-refractivity contribution in [3.05, 3.63) is 0 Å². The van der Waals surface area contributed by atoms with Gasteiger partial charge in [0.2, 0.25) is 0 Å². The van der Waals surface area contributed by atoms with Crippen LogP contribution in [0.15, 0.2) is 0 Å². The standard InChI is InChI=1S/C10H22N2OS2/c1-8(6-13-4)11-10(14)12(3)9(2)7-15-5/h8-9H,6-7H2,1-5H3,(H,11,14). The average molecular weight is 250 g/mol. The molecule has 0 aliphatic rings. The van der Waals surface area contributed by atoms with Crippen LogP contribution in [-0.4, -0.2) is 54.9 Å². The quantitative estimate of drug-likeness (QED) is 0.722. The molecule has 0 saturated carbocycles. The Labute approximate surface area is 103 Å². The molecular weight excluding hydrogens is 228 g/mol. The van der Waals surface area contributed by atoms with Crippen LogP contribution in [0.2, 0.25) is 0 Å². The van der Waals surface area contributed by atoms with E-state index in [1.54, 1.807) is 7.11 Å². The molecule has 15 heavy (non-hydrogen) atoms. The zero-order chi connectivity index (χ0) is 11.8. The summed E-state index contributed by atoms with van der Waals surface area (Å²) in [5, 5.41) is 4.04. The van der Waals surface area contributed by atoms with Crippen LogP contribution < -0.4 is 5.32 Å². The van der Waals surface area contributed by atoms with Gasteiger partial charge >= 0.3 is 0 Å². The number of thioether (sulfide) groups is 1. The summed E-state index contributed by atoms with van der Waals surface area (Å²) in [7, 11) is 3.72. The Morgan fingerprint density at radius 1 is 1.53 bits per heavy atom. The van der Waals surface area contributed by atoms with Crippen molar-refractivity contribution in [2.24, 2.45) is 0 Å². The van der Waals surface area contributed by atoms with Gasteiger partial charge in [-0.3, -0.25) is 0 Å². The molecule has 90 valence electrons. The van der Waals surface area contributed by atoms with E-state index in [0.717, 1.165) is 10.9 Å². The molecule has 0 aliphatic carbocycles. The Morgan fingerprint density at radius 2 is 2.13 bits per heavy atom. The van der Waals surface area contributed by atoms with Crippen molar-refractivity contribution in [1.82, 2.24) is 10.2 Å². The van der Waals surface area contributed by atoms with E-state index in [1.807, 2.05) is 18.8 Å². The molecule has 0 heterocycles. The van der Waals surface area contributed by atoms with Crippen LogP contribution in [-0.2, 0) is 4.74 Å². The van der Waals surface area contributed by atoms with E-state index in [1.165, 1.54) is 0 Å². The van der Waals surface area contributed by atoms with E-state index in [9.17, 15) is 0 Å². The molecule has 5 heteroatoms. The van der Waals surface area contributed by atoms with E-state index in [0.29, 0.717) is 12.6 Å². The molecular formula is C10H22N2OS2. The van der Waals surface area contributed by atoms with Crippen LogP contribution in [0.1, 0.15) is 13.8 Å². The largest absolute Gasteiger partial charge is 0.383 e. The Hall–Kier alpha value is 0. The van der Waals surface area contributed by atoms with Gasteiger partial charge in [-0.25, -0.2) is 0 Å². The first-order valence-electron chi connectivity index (χ1n) is 5.04. The third-order valence-corrected chi connectivity index (χ3v) is 3.40. The molecule has 2 unspecified atom stereocenters. The Balaban J connectivity index is 3.97. The van der Waals surface area contributed by atoms with Gasteiger partial charge in [0.05, 0.1) is 6.61 Å². The molecule has 0 aromatic heterocycles. The fourth-order valence-corrected chi connectivity index (χ4v) is 2.24. The van der Waals surface area contributed by atoms with E-state index in [4.69, 9.17) is 17.0 Å². The SMILES string of the molecule is COCC(C)NC(=S)N(C)C(C)CSC. The van der Waals surface area contributed by atoms with Gasteiger partial charge in [-0.05, 0) is 32.3 Å². The maximum atomic E-state index is 5.31. The first kappa shape index (κ1) is 15.0. The Morgan fingerprint density at radius 3 is 2.60 bits per heavy atom. The van der Waals surface area contributed by atoms with Crippen LogP contribution in [0, 0.1) is 0 Å². The first-order valence-corrected chi connectivity index (χ1v) is 6.84. The summed E-state index contributed by atoms with van der Waals surface area (Å²) in [5.74, 6) is 1.08. The monoisotopic (exact) mass is 250 g/mol. The number of hydrogen-bond acceptors (Lipinski definition) is 3. The van der Waals surface area contributed by atoms with Crippen molar-refractivity contribution in [2.75, 3.05) is 32.8 Å². The Kier molecular flexibility index (Phi) is 8.19. The van der Waals surface area contributed by atoms with E-state index < -0.39 is 0 Å². The van der Waals surface area contributed by atoms with Crippen molar-refractivity contribution in [3.63, 3.8) is 0 Å². The van der Waals surface area contributed by atoms with E-state index >= 15 is 0 Å². The van der Waals surface area contributed by atoms with Crippen LogP contribution >= 0.6 is 24.0 Å². The molecule has 3 nitrogen and oxygen atoms in total. The highest BCUT2D eigenvalue weighted by atomic mass is 32.2. The second kappa shape index (κ2) is 8.19. The lowest BCUT2D eigenvalue weighted by molar-refractivity contribution is 0.178. The minimum Gasteiger partial charge on any atom is -0.383 e. The molecule has 0 spiro atoms. The topological polar surface area (TPSA) is 24.5 Å². The third-order valence-electron chi connectivity index (χ3n) is 2.18. The summed E-state index contributed by atoms with van der Waals surface area (Å²) in [5.41, 5.74) is 0. The first-order chi connectivity index (χ1) is 7.02. The zero-order valence-corrected chi connectivity index (χ0v) is 11.9. The number of nitrogens with zero attached hydrogens (tertiary/aromatic N) is 1. The van der Waals surface area contributed by atoms with Gasteiger partial charge < -0.3 is 15.0 Å². The maximum absolute atomic E-state index is 5.31. The number of ether oxygens (including phenoxy) is 1. The van der Waals surface area contributed by atoms with Crippen LogP contribution in [0.25, 0.3) is 0 Å². The molecule has 0 bridgehead atoms. The van der Waals surface area contributed by atoms with Gasteiger partial charge in [-0.1, -0.05) is 0 Å². The van der Waals surface area contributed by atoms with Crippen molar-refractivity contribution >= 4 is 29.1 Å². The summed E-state index contributed by atoms with van der Waals surface area (Å²) in [4.78, 5) is 2.10. The van der Waals surface area contributed by atoms with Crippen molar-refractivity contribution in [2.45, 2.75) is 25.9 Å². The number of nitrogens with one attached hydrogen (secondary N) is 1. The van der Waals surface area contributed by atoms with Gasteiger partial charge in [-0.2, -0.15) is 11.8 Å². The molecule has 1 N–H and O–H groups in total. The summed E-state index contributed by atoms with van der Waals surface area (Å²) in [6, 6.07) is 0.709. The minimum absolute atomic E-state index is 0.256. The van der Waals surface area contributed by atoms with Crippen LogP contribution in [0.4, 0.5) is 0 Å². The molecule has 0 rings (SSSR count). The number of methoxy groups -OCH3 is 1. The average Bonchev–Trinajstić information content (AvgIpc) is 2.17. The number of thiocarbonyl (C=S) groups is 1. The minimum atomic E-state index is 0.256. The van der Waals surface area contributed by atoms with Gasteiger partial charge in [0.15, 0.2) is 5.11 Å². The summed E-state index contributed by atoms with van der Waals surface area (Å²) < 4.78 is 5.05. The van der Waals surface area contributed by atoms with Crippen LogP contribution in [0.3, 0.4) is 0 Å². The molecule has 0 aromatic carbocycles. The van der Waals surface area contributed by atoms with Gasteiger partial charge in [0.1, 0.15) is 0 Å². The van der Waals surface area contributed by atoms with E-state index in [-0.39, 0.29) is 6.04 Å². The van der Waals surface area contributed by atoms with Gasteiger partial charge in [-0.15, -0.1) is 0 Å². The predicted octanol–water partition coefficient (Wildman–Crippen LogP) is 1.58. The second-order valence-corrected chi connectivity index (χ2v) is 5.02. The molecule has 0 saturated heterocycles. The maximum Gasteiger partial charge on any atom is 0.169 e. The molecule has 0 fully saturated rings. The third kappa shape index (κ3) is 6.22. The van der Waals surface area contributed by atoms with Crippen molar-refractivity contribution in [1.29, 1.82) is 0 Å². The van der Waals surface area contributed by atoms with Gasteiger partial charge in [0, 0.05) is 32.0 Å². The number of hydrogen-bond donors (Lipinski definition) is 1. The molecule has 2 atom stereocenters. The molecule has 0 aromatic rings. The highest BCUT2D eigenvalue weighted by molar-refractivity contribution is 7.98. The lowest BCUT2D eigenvalue weighted by Crippen LogP contribution is -2.47. The van der Waals surface area contributed by atoms with Gasteiger partial charge in [0.25, 0.3) is 0 Å². The van der Waals surface area contributed by atoms with Crippen molar-refractivity contribution in [3.8, 4) is 0 Å². The Bertz CT molecular complexity index is 190. The highest BCUT2D eigenvalue weighted by Gasteiger charge is 2.13. The number of rotatable bonds is 6. The molecule has 0 aliphatic heterocycles. The summed E-state index contributed by atoms with van der Waals surface area (Å²) >= 11 is 7.14. The second-order valence-electron chi connectivity index (χ2n) is 3.72. The van der Waals surface area contributed by atoms with Crippen molar-refractivity contribution < 1.29 is 4.74 Å². The lowest BCUT2D eigenvalue weighted by Gasteiger charge is -2.29. The smallest absolute Gasteiger partial charge is 0.169 e. The van der Waals surface area contributed by atoms with Crippen LogP contribution in [0.5, 0.6) is 0 Å². The lowest BCUT2D eigenvalue weighted by atomic mass is 10.3. The normalized spacial score (nSPS) is 14.5. The molecule has 0 radical (unpaired) electrons. The summed E-state index contributed by atoms with van der Waals surface area (Å²) in [6.45, 7) is 4.90. The highest BCUT2D eigenvalue weighted by Crippen LogP contribution is 2.04. The fraction of sp³-hybridized carbons (Fsp3) is 0.900.